The summed E-state index contributed by atoms with van der Waals surface area (Å²) in [6.45, 7) is 4.62. The first kappa shape index (κ1) is 48.1. The van der Waals surface area contributed by atoms with E-state index in [1.165, 1.54) is 230 Å². The van der Waals surface area contributed by atoms with Crippen molar-refractivity contribution in [1.29, 1.82) is 0 Å². The lowest BCUT2D eigenvalue weighted by atomic mass is 10.0. The van der Waals surface area contributed by atoms with Crippen LogP contribution < -0.4 is 0 Å². The Morgan fingerprint density at radius 1 is 0.308 bits per heavy atom. The molecule has 0 nitrogen and oxygen atoms in total. The minimum atomic E-state index is 1.29. The van der Waals surface area contributed by atoms with Gasteiger partial charge in [0.2, 0.25) is 0 Å². The molecule has 3 heterocycles. The molecule has 8 heteroatoms. The Morgan fingerprint density at radius 3 is 0.846 bits per heavy atom. The molecule has 0 unspecified atom stereocenters. The van der Waals surface area contributed by atoms with Gasteiger partial charge in [-0.2, -0.15) is 0 Å². The van der Waals surface area contributed by atoms with Crippen LogP contribution >= 0.6 is 94.1 Å². The normalized spacial score (nSPS) is 16.0. The Bertz CT molecular complexity index is 942. The Labute approximate surface area is 358 Å². The van der Waals surface area contributed by atoms with Crippen molar-refractivity contribution < 1.29 is 0 Å². The van der Waals surface area contributed by atoms with E-state index in [0.717, 1.165) is 0 Å². The molecule has 0 atom stereocenters. The molecule has 0 aromatic heterocycles. The predicted octanol–water partition coefficient (Wildman–Crippen LogP) is 20.3. The Balaban J connectivity index is 1.21. The summed E-state index contributed by atoms with van der Waals surface area (Å²) in [7, 11) is 0. The zero-order chi connectivity index (χ0) is 36.6. The summed E-state index contributed by atoms with van der Waals surface area (Å²) in [5.74, 6) is 2.58. The van der Waals surface area contributed by atoms with E-state index in [9.17, 15) is 0 Å². The molecule has 3 rings (SSSR count). The molecule has 0 bridgehead atoms. The summed E-state index contributed by atoms with van der Waals surface area (Å²) >= 11 is 16.4. The summed E-state index contributed by atoms with van der Waals surface area (Å²) in [5.41, 5.74) is 0. The van der Waals surface area contributed by atoms with E-state index in [2.05, 4.69) is 71.7 Å². The van der Waals surface area contributed by atoms with Crippen molar-refractivity contribution in [1.82, 2.24) is 0 Å². The van der Waals surface area contributed by atoms with Crippen molar-refractivity contribution in [2.75, 3.05) is 11.5 Å². The summed E-state index contributed by atoms with van der Waals surface area (Å²) in [4.78, 5) is 0. The topological polar surface area (TPSA) is 0 Å². The second-order valence-corrected chi connectivity index (χ2v) is 24.6. The quantitative estimate of drug-likeness (QED) is 0.0564. The van der Waals surface area contributed by atoms with E-state index in [1.807, 2.05) is 47.0 Å². The van der Waals surface area contributed by atoms with E-state index in [0.29, 0.717) is 0 Å². The highest BCUT2D eigenvalue weighted by Gasteiger charge is 2.31. The van der Waals surface area contributed by atoms with Crippen LogP contribution in [0.25, 0.3) is 0 Å². The molecule has 0 amide bonds. The minimum absolute atomic E-state index is 1.29. The van der Waals surface area contributed by atoms with Gasteiger partial charge in [-0.05, 0) is 35.2 Å². The van der Waals surface area contributed by atoms with Gasteiger partial charge in [-0.1, -0.05) is 277 Å². The van der Waals surface area contributed by atoms with Gasteiger partial charge in [0.05, 0.1) is 25.4 Å². The standard InChI is InChI=1S/C44H76S8/c1-3-5-7-9-11-13-15-17-19-21-23-25-27-29-31-33-35-45-39-40(50-43(49-39)44-51-41-42(52-44)48-38-37-47-41)46-36-34-32-30-28-26-24-22-20-18-16-14-12-10-8-6-4-2/h37-38H,3-36H2,1-2H3. The molecule has 0 N–H and O–H groups in total. The average Bonchev–Trinajstić information content (AvgIpc) is 3.78. The fraction of sp³-hybridized carbons (Fsp3) is 0.818. The zero-order valence-electron chi connectivity index (χ0n) is 33.5. The largest absolute Gasteiger partial charge is 0.117 e. The van der Waals surface area contributed by atoms with E-state index in [1.54, 1.807) is 12.7 Å². The van der Waals surface area contributed by atoms with Crippen LogP contribution in [0.15, 0.2) is 36.2 Å². The van der Waals surface area contributed by atoms with Crippen molar-refractivity contribution >= 4 is 94.1 Å². The molecule has 0 spiro atoms. The van der Waals surface area contributed by atoms with E-state index < -0.39 is 0 Å². The molecular weight excluding hydrogens is 785 g/mol. The van der Waals surface area contributed by atoms with Crippen LogP contribution in [0, 0.1) is 0 Å². The number of unbranched alkanes of at least 4 members (excludes halogenated alkanes) is 30. The first-order chi connectivity index (χ1) is 25.8. The predicted molar refractivity (Wildman–Crippen MR) is 260 cm³/mol. The lowest BCUT2D eigenvalue weighted by Gasteiger charge is -2.06. The fourth-order valence-corrected chi connectivity index (χ4v) is 18.3. The van der Waals surface area contributed by atoms with Gasteiger partial charge in [0.1, 0.15) is 0 Å². The summed E-state index contributed by atoms with van der Waals surface area (Å²) in [6, 6.07) is 0. The van der Waals surface area contributed by atoms with E-state index >= 15 is 0 Å². The summed E-state index contributed by atoms with van der Waals surface area (Å²) in [6.07, 6.45) is 46.3. The maximum Gasteiger partial charge on any atom is 0.0718 e. The van der Waals surface area contributed by atoms with Crippen molar-refractivity contribution in [3.8, 4) is 0 Å². The van der Waals surface area contributed by atoms with Gasteiger partial charge in [0.25, 0.3) is 0 Å². The third-order valence-corrected chi connectivity index (χ3v) is 21.5. The third kappa shape index (κ3) is 23.9. The maximum absolute atomic E-state index is 2.31. The molecule has 0 aromatic carbocycles. The van der Waals surface area contributed by atoms with Gasteiger partial charge < -0.3 is 0 Å². The van der Waals surface area contributed by atoms with Crippen LogP contribution in [0.2, 0.25) is 0 Å². The highest BCUT2D eigenvalue weighted by molar-refractivity contribution is 8.45. The third-order valence-electron chi connectivity index (χ3n) is 10.1. The van der Waals surface area contributed by atoms with Gasteiger partial charge in [-0.25, -0.2) is 0 Å². The van der Waals surface area contributed by atoms with Crippen molar-refractivity contribution in [3.05, 3.63) is 36.2 Å². The number of thioether (sulfide) groups is 8. The minimum Gasteiger partial charge on any atom is -0.117 e. The van der Waals surface area contributed by atoms with E-state index in [-0.39, 0.29) is 0 Å². The Morgan fingerprint density at radius 2 is 0.558 bits per heavy atom. The first-order valence-electron chi connectivity index (χ1n) is 22.0. The molecule has 300 valence electrons. The summed E-state index contributed by atoms with van der Waals surface area (Å²) < 4.78 is 9.30. The highest BCUT2D eigenvalue weighted by Crippen LogP contribution is 2.67. The molecular formula is C44H76S8. The summed E-state index contributed by atoms with van der Waals surface area (Å²) in [5, 5.41) is 4.49. The number of rotatable bonds is 36. The molecule has 0 saturated heterocycles. The number of hydrogen-bond acceptors (Lipinski definition) is 8. The maximum atomic E-state index is 2.31. The van der Waals surface area contributed by atoms with Crippen LogP contribution in [-0.2, 0) is 0 Å². The SMILES string of the molecule is CCCCCCCCCCCCCCCCCCSC1=C(SCCCCCCCCCCCCCCCCCC)SC(=C2SC3=C(SC=CS3)S2)S1. The van der Waals surface area contributed by atoms with Crippen molar-refractivity contribution in [2.45, 2.75) is 219 Å². The molecule has 0 fully saturated rings. The second-order valence-electron chi connectivity index (χ2n) is 14.9. The zero-order valence-corrected chi connectivity index (χ0v) is 40.0. The van der Waals surface area contributed by atoms with Crippen LogP contribution in [0.1, 0.15) is 219 Å². The fourth-order valence-electron chi connectivity index (χ4n) is 6.84. The molecule has 0 radical (unpaired) electrons. The van der Waals surface area contributed by atoms with Crippen molar-refractivity contribution in [3.63, 3.8) is 0 Å². The van der Waals surface area contributed by atoms with Gasteiger partial charge in [-0.15, -0.1) is 23.5 Å². The second kappa shape index (κ2) is 34.8. The van der Waals surface area contributed by atoms with Gasteiger partial charge in [-0.3, -0.25) is 0 Å². The van der Waals surface area contributed by atoms with Crippen LogP contribution in [0.4, 0.5) is 0 Å². The van der Waals surface area contributed by atoms with Gasteiger partial charge in [0, 0.05) is 0 Å². The Hall–Kier alpha value is 1.76. The lowest BCUT2D eigenvalue weighted by molar-refractivity contribution is 0.532. The average molecular weight is 862 g/mol. The van der Waals surface area contributed by atoms with Crippen molar-refractivity contribution in [2.24, 2.45) is 0 Å². The number of hydrogen-bond donors (Lipinski definition) is 0. The molecule has 0 saturated carbocycles. The smallest absolute Gasteiger partial charge is 0.0718 e. The van der Waals surface area contributed by atoms with E-state index in [4.69, 9.17) is 0 Å². The molecule has 0 aromatic rings. The molecule has 3 aliphatic heterocycles. The molecule has 3 aliphatic rings. The molecule has 52 heavy (non-hydrogen) atoms. The first-order valence-corrected chi connectivity index (χ1v) is 29.0. The molecule has 0 aliphatic carbocycles. The van der Waals surface area contributed by atoms with Gasteiger partial charge in [0.15, 0.2) is 0 Å². The Kier molecular flexibility index (Phi) is 32.2. The monoisotopic (exact) mass is 860 g/mol. The highest BCUT2D eigenvalue weighted by atomic mass is 32.3. The van der Waals surface area contributed by atoms with Crippen LogP contribution in [0.5, 0.6) is 0 Å². The van der Waals surface area contributed by atoms with Crippen LogP contribution in [0.3, 0.4) is 0 Å². The van der Waals surface area contributed by atoms with Gasteiger partial charge >= 0.3 is 0 Å². The van der Waals surface area contributed by atoms with Crippen LogP contribution in [-0.4, -0.2) is 11.5 Å². The lowest BCUT2D eigenvalue weighted by Crippen LogP contribution is -1.86.